The molecule has 1 saturated carbocycles. The summed E-state index contributed by atoms with van der Waals surface area (Å²) in [5, 5.41) is 3.37. The van der Waals surface area contributed by atoms with Crippen molar-refractivity contribution in [2.75, 3.05) is 13.1 Å². The summed E-state index contributed by atoms with van der Waals surface area (Å²) >= 11 is 3.38. The number of amides is 1. The molecule has 2 aliphatic rings. The first-order valence-corrected chi connectivity index (χ1v) is 9.17. The molecule has 1 saturated heterocycles. The lowest BCUT2D eigenvalue weighted by Crippen LogP contribution is -2.40. The quantitative estimate of drug-likeness (QED) is 0.795. The fourth-order valence-corrected chi connectivity index (χ4v) is 4.15. The van der Waals surface area contributed by atoms with Crippen molar-refractivity contribution < 1.29 is 9.18 Å². The number of halogens is 3. The second kappa shape index (κ2) is 7.71. The Balaban J connectivity index is 0.00000208. The third-order valence-corrected chi connectivity index (χ3v) is 5.84. The van der Waals surface area contributed by atoms with E-state index in [1.165, 1.54) is 6.07 Å². The summed E-state index contributed by atoms with van der Waals surface area (Å²) in [4.78, 5) is 14.8. The highest BCUT2D eigenvalue weighted by atomic mass is 79.9. The number of piperidine rings is 1. The first-order valence-electron chi connectivity index (χ1n) is 8.38. The molecule has 1 heterocycles. The summed E-state index contributed by atoms with van der Waals surface area (Å²) < 4.78 is 14.9. The molecule has 3 rings (SSSR count). The van der Waals surface area contributed by atoms with Crippen LogP contribution >= 0.6 is 28.3 Å². The molecule has 6 heteroatoms. The van der Waals surface area contributed by atoms with Crippen LogP contribution in [0.5, 0.6) is 0 Å². The highest BCUT2D eigenvalue weighted by Gasteiger charge is 2.58. The molecule has 1 aliphatic carbocycles. The van der Waals surface area contributed by atoms with Crippen molar-refractivity contribution in [3.63, 3.8) is 0 Å². The smallest absolute Gasteiger partial charge is 0.226 e. The standard InChI is InChI=1S/C18H24BrFN2O.ClH/c1-12(2)22(11-13-9-14(19)3-4-16(13)20)17(23)15-10-18(15)5-7-21-8-6-18;/h3-4,9,12,15,21H,5-8,10-11H2,1-2H3;1H. The largest absolute Gasteiger partial charge is 0.336 e. The maximum Gasteiger partial charge on any atom is 0.226 e. The van der Waals surface area contributed by atoms with Crippen LogP contribution in [0.2, 0.25) is 0 Å². The molecule has 1 spiro atoms. The van der Waals surface area contributed by atoms with Crippen molar-refractivity contribution in [1.29, 1.82) is 0 Å². The van der Waals surface area contributed by atoms with Crippen molar-refractivity contribution in [1.82, 2.24) is 10.2 Å². The summed E-state index contributed by atoms with van der Waals surface area (Å²) in [7, 11) is 0. The number of hydrogen-bond donors (Lipinski definition) is 1. The minimum Gasteiger partial charge on any atom is -0.336 e. The van der Waals surface area contributed by atoms with Crippen molar-refractivity contribution in [2.24, 2.45) is 11.3 Å². The molecule has 3 nitrogen and oxygen atoms in total. The predicted molar refractivity (Wildman–Crippen MR) is 99.7 cm³/mol. The maximum atomic E-state index is 14.1. The molecule has 2 fully saturated rings. The van der Waals surface area contributed by atoms with Gasteiger partial charge in [0.15, 0.2) is 0 Å². The molecular formula is C18H25BrClFN2O. The Morgan fingerprint density at radius 3 is 2.71 bits per heavy atom. The molecular weight excluding hydrogens is 395 g/mol. The molecule has 1 aromatic carbocycles. The van der Waals surface area contributed by atoms with Gasteiger partial charge in [-0.25, -0.2) is 4.39 Å². The molecule has 1 unspecified atom stereocenters. The van der Waals surface area contributed by atoms with Gasteiger partial charge in [0.25, 0.3) is 0 Å². The lowest BCUT2D eigenvalue weighted by molar-refractivity contribution is -0.136. The van der Waals surface area contributed by atoms with Crippen LogP contribution in [0.15, 0.2) is 22.7 Å². The summed E-state index contributed by atoms with van der Waals surface area (Å²) in [5.74, 6) is 0.0718. The summed E-state index contributed by atoms with van der Waals surface area (Å²) in [6.45, 7) is 6.36. The van der Waals surface area contributed by atoms with E-state index in [0.717, 1.165) is 36.8 Å². The van der Waals surface area contributed by atoms with Crippen LogP contribution in [0, 0.1) is 17.2 Å². The Kier molecular flexibility index (Phi) is 6.32. The third kappa shape index (κ3) is 3.94. The Morgan fingerprint density at radius 2 is 2.08 bits per heavy atom. The van der Waals surface area contributed by atoms with Crippen LogP contribution in [-0.2, 0) is 11.3 Å². The van der Waals surface area contributed by atoms with Gasteiger partial charge in [-0.2, -0.15) is 0 Å². The van der Waals surface area contributed by atoms with Crippen molar-refractivity contribution in [3.8, 4) is 0 Å². The molecule has 1 aliphatic heterocycles. The van der Waals surface area contributed by atoms with Gasteiger partial charge in [0.1, 0.15) is 5.82 Å². The molecule has 24 heavy (non-hydrogen) atoms. The molecule has 1 N–H and O–H groups in total. The monoisotopic (exact) mass is 418 g/mol. The van der Waals surface area contributed by atoms with E-state index >= 15 is 0 Å². The summed E-state index contributed by atoms with van der Waals surface area (Å²) in [6, 6.07) is 4.98. The number of benzene rings is 1. The predicted octanol–water partition coefficient (Wildman–Crippen LogP) is 4.14. The van der Waals surface area contributed by atoms with Crippen LogP contribution in [0.4, 0.5) is 4.39 Å². The zero-order chi connectivity index (χ0) is 16.6. The van der Waals surface area contributed by atoms with Crippen molar-refractivity contribution >= 4 is 34.2 Å². The zero-order valence-corrected chi connectivity index (χ0v) is 16.6. The van der Waals surface area contributed by atoms with Crippen LogP contribution in [0.1, 0.15) is 38.7 Å². The maximum absolute atomic E-state index is 14.1. The summed E-state index contributed by atoms with van der Waals surface area (Å²) in [6.07, 6.45) is 3.17. The van der Waals surface area contributed by atoms with E-state index in [2.05, 4.69) is 21.2 Å². The van der Waals surface area contributed by atoms with Gasteiger partial charge in [-0.05, 0) is 69.8 Å². The van der Waals surface area contributed by atoms with Gasteiger partial charge >= 0.3 is 0 Å². The molecule has 134 valence electrons. The molecule has 1 aromatic rings. The number of nitrogens with one attached hydrogen (secondary N) is 1. The Morgan fingerprint density at radius 1 is 1.42 bits per heavy atom. The number of nitrogens with zero attached hydrogens (tertiary/aromatic N) is 1. The zero-order valence-electron chi connectivity index (χ0n) is 14.1. The number of carbonyl (C=O) groups excluding carboxylic acids is 1. The minimum absolute atomic E-state index is 0. The first kappa shape index (κ1) is 19.7. The first-order chi connectivity index (χ1) is 10.9. The van der Waals surface area contributed by atoms with Gasteiger partial charge in [-0.15, -0.1) is 12.4 Å². The molecule has 1 amide bonds. The molecule has 0 bridgehead atoms. The SMILES string of the molecule is CC(C)N(Cc1cc(Br)ccc1F)C(=O)C1CC12CCNCC2.Cl. The molecule has 0 radical (unpaired) electrons. The van der Waals surface area contributed by atoms with Crippen LogP contribution in [-0.4, -0.2) is 29.9 Å². The second-order valence-corrected chi connectivity index (χ2v) is 8.08. The lowest BCUT2D eigenvalue weighted by Gasteiger charge is -2.30. The lowest BCUT2D eigenvalue weighted by atomic mass is 9.91. The van der Waals surface area contributed by atoms with E-state index in [0.29, 0.717) is 12.1 Å². The second-order valence-electron chi connectivity index (χ2n) is 7.16. The number of rotatable bonds is 4. The molecule has 0 aromatic heterocycles. The van der Waals surface area contributed by atoms with Crippen molar-refractivity contribution in [3.05, 3.63) is 34.1 Å². The van der Waals surface area contributed by atoms with E-state index in [-0.39, 0.29) is 41.5 Å². The highest BCUT2D eigenvalue weighted by Crippen LogP contribution is 2.59. The van der Waals surface area contributed by atoms with E-state index in [1.54, 1.807) is 12.1 Å². The van der Waals surface area contributed by atoms with Gasteiger partial charge in [-0.3, -0.25) is 4.79 Å². The van der Waals surface area contributed by atoms with Crippen LogP contribution < -0.4 is 5.32 Å². The minimum atomic E-state index is -0.251. The van der Waals surface area contributed by atoms with Crippen LogP contribution in [0.3, 0.4) is 0 Å². The summed E-state index contributed by atoms with van der Waals surface area (Å²) in [5.41, 5.74) is 0.784. The fraction of sp³-hybridized carbons (Fsp3) is 0.611. The normalized spacial score (nSPS) is 21.5. The van der Waals surface area contributed by atoms with E-state index in [9.17, 15) is 9.18 Å². The topological polar surface area (TPSA) is 32.3 Å². The van der Waals surface area contributed by atoms with E-state index < -0.39 is 0 Å². The Bertz CT molecular complexity index is 605. The van der Waals surface area contributed by atoms with Gasteiger partial charge in [0.2, 0.25) is 5.91 Å². The van der Waals surface area contributed by atoms with E-state index in [1.807, 2.05) is 18.7 Å². The average molecular weight is 420 g/mol. The third-order valence-electron chi connectivity index (χ3n) is 5.34. The van der Waals surface area contributed by atoms with Crippen LogP contribution in [0.25, 0.3) is 0 Å². The molecule has 1 atom stereocenters. The number of carbonyl (C=O) groups is 1. The number of hydrogen-bond acceptors (Lipinski definition) is 2. The Labute approximate surface area is 157 Å². The highest BCUT2D eigenvalue weighted by molar-refractivity contribution is 9.10. The van der Waals surface area contributed by atoms with Gasteiger partial charge in [0.05, 0.1) is 0 Å². The van der Waals surface area contributed by atoms with Gasteiger partial charge in [-0.1, -0.05) is 15.9 Å². The Hall–Kier alpha value is -0.650. The fourth-order valence-electron chi connectivity index (χ4n) is 3.74. The van der Waals surface area contributed by atoms with Gasteiger partial charge < -0.3 is 10.2 Å². The van der Waals surface area contributed by atoms with Gasteiger partial charge in [0, 0.05) is 28.5 Å². The average Bonchev–Trinajstić information content (AvgIpc) is 3.21. The van der Waals surface area contributed by atoms with Crippen molar-refractivity contribution in [2.45, 2.75) is 45.7 Å². The van der Waals surface area contributed by atoms with E-state index in [4.69, 9.17) is 0 Å².